The number of piperidine rings is 1. The van der Waals surface area contributed by atoms with Crippen molar-refractivity contribution in [3.63, 3.8) is 0 Å². The van der Waals surface area contributed by atoms with Crippen molar-refractivity contribution in [1.82, 2.24) is 15.4 Å². The highest BCUT2D eigenvalue weighted by Gasteiger charge is 2.24. The molecule has 0 aromatic heterocycles. The predicted molar refractivity (Wildman–Crippen MR) is 99.4 cm³/mol. The molecular weight excluding hydrogens is 338 g/mol. The van der Waals surface area contributed by atoms with Crippen LogP contribution in [-0.4, -0.2) is 33.0 Å². The molecule has 0 aliphatic carbocycles. The van der Waals surface area contributed by atoms with E-state index in [1.54, 1.807) is 19.9 Å². The van der Waals surface area contributed by atoms with Crippen LogP contribution in [0.4, 0.5) is 0 Å². The van der Waals surface area contributed by atoms with E-state index in [4.69, 9.17) is 0 Å². The molecule has 3 N–H and O–H groups in total. The van der Waals surface area contributed by atoms with Crippen molar-refractivity contribution < 1.29 is 13.2 Å². The molecule has 1 aliphatic heterocycles. The third kappa shape index (κ3) is 6.41. The molecule has 2 rings (SSSR count). The molecule has 1 heterocycles. The van der Waals surface area contributed by atoms with Crippen molar-refractivity contribution >= 4 is 15.9 Å². The fourth-order valence-electron chi connectivity index (χ4n) is 3.17. The van der Waals surface area contributed by atoms with Crippen molar-refractivity contribution in [3.05, 3.63) is 35.4 Å². The standard InChI is InChI=1S/C18H29N3O3S/c1-13(2)21-25(23,24)12-17-7-5-4-6-16(17)11-20-18(22)15-8-9-19-14(3)10-15/h4-7,13-15,19,21H,8-12H2,1-3H3,(H,20,22)/t14-,15-/m0/s1. The topological polar surface area (TPSA) is 87.3 Å². The van der Waals surface area contributed by atoms with Crippen molar-refractivity contribution in [1.29, 1.82) is 0 Å². The van der Waals surface area contributed by atoms with Crippen LogP contribution in [0.5, 0.6) is 0 Å². The lowest BCUT2D eigenvalue weighted by Gasteiger charge is -2.27. The summed E-state index contributed by atoms with van der Waals surface area (Å²) in [6.45, 7) is 6.88. The summed E-state index contributed by atoms with van der Waals surface area (Å²) in [4.78, 5) is 12.4. The first-order chi connectivity index (χ1) is 11.8. The Bertz CT molecular complexity index is 689. The second-order valence-corrected chi connectivity index (χ2v) is 8.85. The zero-order valence-electron chi connectivity index (χ0n) is 15.2. The minimum atomic E-state index is -3.39. The zero-order valence-corrected chi connectivity index (χ0v) is 16.0. The van der Waals surface area contributed by atoms with Crippen LogP contribution in [0.3, 0.4) is 0 Å². The molecule has 0 spiro atoms. The van der Waals surface area contributed by atoms with Crippen LogP contribution in [0.2, 0.25) is 0 Å². The molecule has 1 amide bonds. The molecule has 140 valence electrons. The number of amides is 1. The van der Waals surface area contributed by atoms with Gasteiger partial charge in [0, 0.05) is 24.5 Å². The Morgan fingerprint density at radius 2 is 1.96 bits per heavy atom. The van der Waals surface area contributed by atoms with Crippen molar-refractivity contribution in [2.45, 2.75) is 58.0 Å². The highest BCUT2D eigenvalue weighted by atomic mass is 32.2. The Morgan fingerprint density at radius 3 is 2.60 bits per heavy atom. The highest BCUT2D eigenvalue weighted by Crippen LogP contribution is 2.17. The van der Waals surface area contributed by atoms with Crippen LogP contribution in [0.15, 0.2) is 24.3 Å². The summed E-state index contributed by atoms with van der Waals surface area (Å²) in [5, 5.41) is 6.31. The van der Waals surface area contributed by atoms with E-state index in [2.05, 4.69) is 22.3 Å². The van der Waals surface area contributed by atoms with Gasteiger partial charge < -0.3 is 10.6 Å². The van der Waals surface area contributed by atoms with Gasteiger partial charge in [0.2, 0.25) is 15.9 Å². The normalized spacial score (nSPS) is 21.3. The third-order valence-corrected chi connectivity index (χ3v) is 5.85. The lowest BCUT2D eigenvalue weighted by molar-refractivity contribution is -0.126. The van der Waals surface area contributed by atoms with Crippen LogP contribution in [0.1, 0.15) is 44.7 Å². The molecule has 0 saturated carbocycles. The van der Waals surface area contributed by atoms with Gasteiger partial charge in [-0.15, -0.1) is 0 Å². The largest absolute Gasteiger partial charge is 0.352 e. The average molecular weight is 368 g/mol. The second kappa shape index (κ2) is 8.78. The van der Waals surface area contributed by atoms with E-state index in [1.165, 1.54) is 0 Å². The van der Waals surface area contributed by atoms with Gasteiger partial charge in [-0.3, -0.25) is 4.79 Å². The fourth-order valence-corrected chi connectivity index (χ4v) is 4.67. The fraction of sp³-hybridized carbons (Fsp3) is 0.611. The molecule has 6 nitrogen and oxygen atoms in total. The Balaban J connectivity index is 1.99. The Kier molecular flexibility index (Phi) is 6.98. The van der Waals surface area contributed by atoms with Gasteiger partial charge in [0.05, 0.1) is 5.75 Å². The Morgan fingerprint density at radius 1 is 1.28 bits per heavy atom. The summed E-state index contributed by atoms with van der Waals surface area (Å²) < 4.78 is 27.0. The van der Waals surface area contributed by atoms with E-state index in [0.717, 1.165) is 30.5 Å². The Labute approximate surface area is 150 Å². The van der Waals surface area contributed by atoms with Crippen molar-refractivity contribution in [2.24, 2.45) is 5.92 Å². The van der Waals surface area contributed by atoms with Crippen LogP contribution in [-0.2, 0) is 27.1 Å². The number of benzene rings is 1. The van der Waals surface area contributed by atoms with E-state index in [-0.39, 0.29) is 23.6 Å². The van der Waals surface area contributed by atoms with Crippen LogP contribution >= 0.6 is 0 Å². The van der Waals surface area contributed by atoms with Gasteiger partial charge in [-0.25, -0.2) is 13.1 Å². The molecule has 7 heteroatoms. The molecular formula is C18H29N3O3S. The molecule has 1 aromatic rings. The van der Waals surface area contributed by atoms with E-state index in [0.29, 0.717) is 12.6 Å². The molecule has 0 radical (unpaired) electrons. The summed E-state index contributed by atoms with van der Waals surface area (Å²) in [7, 11) is -3.39. The van der Waals surface area contributed by atoms with E-state index in [1.807, 2.05) is 18.2 Å². The summed E-state index contributed by atoms with van der Waals surface area (Å²) in [5.74, 6) is -0.0113. The minimum absolute atomic E-state index is 0.0229. The summed E-state index contributed by atoms with van der Waals surface area (Å²) in [6, 6.07) is 7.56. The van der Waals surface area contributed by atoms with Crippen LogP contribution < -0.4 is 15.4 Å². The van der Waals surface area contributed by atoms with Crippen molar-refractivity contribution in [2.75, 3.05) is 6.54 Å². The average Bonchev–Trinajstić information content (AvgIpc) is 2.52. The first-order valence-electron chi connectivity index (χ1n) is 8.84. The maximum Gasteiger partial charge on any atom is 0.223 e. The number of hydrogen-bond acceptors (Lipinski definition) is 4. The quantitative estimate of drug-likeness (QED) is 0.682. The number of hydrogen-bond donors (Lipinski definition) is 3. The van der Waals surface area contributed by atoms with Gasteiger partial charge in [0.1, 0.15) is 0 Å². The molecule has 1 aliphatic rings. The molecule has 1 fully saturated rings. The first-order valence-corrected chi connectivity index (χ1v) is 10.5. The number of rotatable bonds is 7. The molecule has 0 bridgehead atoms. The predicted octanol–water partition coefficient (Wildman–Crippen LogP) is 1.52. The third-order valence-electron chi connectivity index (χ3n) is 4.33. The number of carbonyl (C=O) groups is 1. The summed E-state index contributed by atoms with van der Waals surface area (Å²) in [5.41, 5.74) is 1.56. The summed E-state index contributed by atoms with van der Waals surface area (Å²) in [6.07, 6.45) is 1.67. The molecule has 25 heavy (non-hydrogen) atoms. The lowest BCUT2D eigenvalue weighted by Crippen LogP contribution is -2.42. The summed E-state index contributed by atoms with van der Waals surface area (Å²) >= 11 is 0. The monoisotopic (exact) mass is 367 g/mol. The molecule has 2 atom stereocenters. The maximum absolute atomic E-state index is 12.4. The smallest absolute Gasteiger partial charge is 0.223 e. The Hall–Kier alpha value is -1.44. The number of carbonyl (C=O) groups excluding carboxylic acids is 1. The van der Waals surface area contributed by atoms with Gasteiger partial charge in [-0.1, -0.05) is 24.3 Å². The maximum atomic E-state index is 12.4. The van der Waals surface area contributed by atoms with E-state index in [9.17, 15) is 13.2 Å². The lowest BCUT2D eigenvalue weighted by atomic mass is 9.92. The van der Waals surface area contributed by atoms with Gasteiger partial charge in [0.25, 0.3) is 0 Å². The first kappa shape index (κ1) is 19.9. The van der Waals surface area contributed by atoms with Gasteiger partial charge >= 0.3 is 0 Å². The van der Waals surface area contributed by atoms with Crippen LogP contribution in [0, 0.1) is 5.92 Å². The van der Waals surface area contributed by atoms with Gasteiger partial charge in [-0.05, 0) is 51.3 Å². The number of sulfonamides is 1. The van der Waals surface area contributed by atoms with E-state index >= 15 is 0 Å². The molecule has 1 saturated heterocycles. The zero-order chi connectivity index (χ0) is 18.4. The molecule has 1 aromatic carbocycles. The molecule has 0 unspecified atom stereocenters. The van der Waals surface area contributed by atoms with Gasteiger partial charge in [0.15, 0.2) is 0 Å². The van der Waals surface area contributed by atoms with E-state index < -0.39 is 10.0 Å². The second-order valence-electron chi connectivity index (χ2n) is 7.09. The minimum Gasteiger partial charge on any atom is -0.352 e. The number of nitrogens with one attached hydrogen (secondary N) is 3. The van der Waals surface area contributed by atoms with Gasteiger partial charge in [-0.2, -0.15) is 0 Å². The van der Waals surface area contributed by atoms with Crippen molar-refractivity contribution in [3.8, 4) is 0 Å². The highest BCUT2D eigenvalue weighted by molar-refractivity contribution is 7.88. The van der Waals surface area contributed by atoms with Crippen LogP contribution in [0.25, 0.3) is 0 Å². The SMILES string of the molecule is CC(C)NS(=O)(=O)Cc1ccccc1CNC(=O)[C@H]1CCN[C@@H](C)C1.